The first-order chi connectivity index (χ1) is 16.0. The zero-order chi connectivity index (χ0) is 24.6. The second-order valence-electron chi connectivity index (χ2n) is 9.85. The number of rotatable bonds is 26. The maximum absolute atomic E-state index is 11.7. The van der Waals surface area contributed by atoms with E-state index in [9.17, 15) is 19.8 Å². The Balaban J connectivity index is 4.14. The number of carbonyl (C=O) groups is 2. The topological polar surface area (TPSA) is 77.8 Å². The monoisotopic (exact) mass is 469 g/mol. The van der Waals surface area contributed by atoms with Crippen molar-refractivity contribution in [2.24, 2.45) is 0 Å². The molecule has 2 N–H and O–H groups in total. The highest BCUT2D eigenvalue weighted by atomic mass is 16.4. The van der Waals surface area contributed by atoms with Crippen molar-refractivity contribution in [3.63, 3.8) is 0 Å². The van der Waals surface area contributed by atoms with E-state index in [1.807, 2.05) is 4.90 Å². The van der Waals surface area contributed by atoms with Crippen molar-refractivity contribution in [3.8, 4) is 0 Å². The average Bonchev–Trinajstić information content (AvgIpc) is 2.78. The zero-order valence-corrected chi connectivity index (χ0v) is 22.0. The number of hydrogen-bond donors (Lipinski definition) is 2. The van der Waals surface area contributed by atoms with Crippen molar-refractivity contribution in [1.82, 2.24) is 4.90 Å². The number of carboxylic acids is 2. The molecule has 5 heteroatoms. The van der Waals surface area contributed by atoms with E-state index in [0.29, 0.717) is 13.1 Å². The lowest BCUT2D eigenvalue weighted by atomic mass is 10.0. The van der Waals surface area contributed by atoms with Crippen molar-refractivity contribution in [3.05, 3.63) is 0 Å². The minimum absolute atomic E-state index is 0.315. The number of unbranched alkanes of at least 4 members (excludes halogenated alkanes) is 18. The van der Waals surface area contributed by atoms with Gasteiger partial charge >= 0.3 is 11.9 Å². The summed E-state index contributed by atoms with van der Waals surface area (Å²) < 4.78 is 0. The molecule has 0 fully saturated rings. The summed E-state index contributed by atoms with van der Waals surface area (Å²) in [5, 5.41) is 18.8. The number of aliphatic carboxylic acids is 2. The number of nitrogens with zero attached hydrogens (tertiary/aromatic N) is 1. The highest BCUT2D eigenvalue weighted by Gasteiger charge is 2.27. The van der Waals surface area contributed by atoms with Gasteiger partial charge in [-0.25, -0.2) is 0 Å². The summed E-state index contributed by atoms with van der Waals surface area (Å²) in [6, 6.07) is -0.903. The standard InChI is InChI=1S/C28H55NO4/c1-3-5-7-9-11-13-15-17-19-21-23-29(26(28(32)33)25-27(30)31)24-22-20-18-16-14-12-10-8-6-4-2/h26H,3-25H2,1-2H3,(H,30,31)(H,32,33). The fourth-order valence-electron chi connectivity index (χ4n) is 4.57. The lowest BCUT2D eigenvalue weighted by Crippen LogP contribution is -2.43. The summed E-state index contributed by atoms with van der Waals surface area (Å²) in [6.45, 7) is 5.87. The summed E-state index contributed by atoms with van der Waals surface area (Å²) in [5.41, 5.74) is 0. The highest BCUT2D eigenvalue weighted by molar-refractivity contribution is 5.80. The third kappa shape index (κ3) is 21.2. The molecular formula is C28H55NO4. The lowest BCUT2D eigenvalue weighted by Gasteiger charge is -2.28. The van der Waals surface area contributed by atoms with Crippen LogP contribution < -0.4 is 0 Å². The Labute approximate surface area is 204 Å². The predicted octanol–water partition coefficient (Wildman–Crippen LogP) is 8.06. The normalized spacial score (nSPS) is 12.3. The van der Waals surface area contributed by atoms with Crippen molar-refractivity contribution in [1.29, 1.82) is 0 Å². The smallest absolute Gasteiger partial charge is 0.321 e. The van der Waals surface area contributed by atoms with Crippen LogP contribution in [0.15, 0.2) is 0 Å². The van der Waals surface area contributed by atoms with Crippen molar-refractivity contribution < 1.29 is 19.8 Å². The van der Waals surface area contributed by atoms with E-state index in [-0.39, 0.29) is 6.42 Å². The average molecular weight is 470 g/mol. The first-order valence-corrected chi connectivity index (χ1v) is 14.2. The van der Waals surface area contributed by atoms with Crippen LogP contribution in [-0.2, 0) is 9.59 Å². The van der Waals surface area contributed by atoms with Crippen molar-refractivity contribution >= 4 is 11.9 Å². The molecule has 0 aromatic carbocycles. The van der Waals surface area contributed by atoms with Crippen LogP contribution in [0, 0.1) is 0 Å². The number of hydrogen-bond acceptors (Lipinski definition) is 3. The second kappa shape index (κ2) is 24.0. The molecule has 0 aliphatic rings. The van der Waals surface area contributed by atoms with Gasteiger partial charge in [0.15, 0.2) is 0 Å². The molecule has 5 nitrogen and oxygen atoms in total. The fourth-order valence-corrected chi connectivity index (χ4v) is 4.57. The molecule has 0 heterocycles. The molecule has 0 aliphatic heterocycles. The van der Waals surface area contributed by atoms with Crippen LogP contribution in [0.5, 0.6) is 0 Å². The molecule has 0 radical (unpaired) electrons. The Kier molecular flexibility index (Phi) is 23.2. The first-order valence-electron chi connectivity index (χ1n) is 14.2. The molecule has 0 aliphatic carbocycles. The molecule has 196 valence electrons. The van der Waals surface area contributed by atoms with E-state index in [2.05, 4.69) is 13.8 Å². The Morgan fingerprint density at radius 3 is 1.12 bits per heavy atom. The van der Waals surface area contributed by atoms with Gasteiger partial charge in [-0.3, -0.25) is 14.5 Å². The third-order valence-electron chi connectivity index (χ3n) is 6.69. The van der Waals surface area contributed by atoms with Gasteiger partial charge in [0, 0.05) is 0 Å². The predicted molar refractivity (Wildman–Crippen MR) is 139 cm³/mol. The van der Waals surface area contributed by atoms with Gasteiger partial charge in [0.05, 0.1) is 6.42 Å². The van der Waals surface area contributed by atoms with Gasteiger partial charge in [0.2, 0.25) is 0 Å². The number of carboxylic acid groups (broad SMARTS) is 2. The van der Waals surface area contributed by atoms with Gasteiger partial charge < -0.3 is 10.2 Å². The SMILES string of the molecule is CCCCCCCCCCCCN(CCCCCCCCCCCC)C(CC(=O)O)C(=O)O. The summed E-state index contributed by atoms with van der Waals surface area (Å²) in [5.74, 6) is -2.03. The molecule has 33 heavy (non-hydrogen) atoms. The minimum atomic E-state index is -1.03. The van der Waals surface area contributed by atoms with E-state index in [0.717, 1.165) is 25.7 Å². The largest absolute Gasteiger partial charge is 0.481 e. The Bertz CT molecular complexity index is 431. The molecule has 0 aromatic rings. The van der Waals surface area contributed by atoms with Gasteiger partial charge in [0.25, 0.3) is 0 Å². The molecule has 0 amide bonds. The molecule has 1 atom stereocenters. The zero-order valence-electron chi connectivity index (χ0n) is 22.0. The van der Waals surface area contributed by atoms with E-state index in [4.69, 9.17) is 0 Å². The summed E-state index contributed by atoms with van der Waals surface area (Å²) in [6.07, 6.45) is 24.6. The molecule has 1 unspecified atom stereocenters. The fraction of sp³-hybridized carbons (Fsp3) is 0.929. The second-order valence-corrected chi connectivity index (χ2v) is 9.85. The molecule has 0 bridgehead atoms. The van der Waals surface area contributed by atoms with Gasteiger partial charge in [-0.1, -0.05) is 129 Å². The Hall–Kier alpha value is -1.10. The molecule has 0 saturated carbocycles. The molecule has 0 spiro atoms. The van der Waals surface area contributed by atoms with Crippen LogP contribution in [0.1, 0.15) is 149 Å². The van der Waals surface area contributed by atoms with Crippen molar-refractivity contribution in [2.75, 3.05) is 13.1 Å². The summed E-state index contributed by atoms with van der Waals surface area (Å²) in [4.78, 5) is 24.9. The quantitative estimate of drug-likeness (QED) is 0.125. The van der Waals surface area contributed by atoms with E-state index in [1.54, 1.807) is 0 Å². The Morgan fingerprint density at radius 2 is 0.848 bits per heavy atom. The molecular weight excluding hydrogens is 414 g/mol. The first kappa shape index (κ1) is 31.9. The van der Waals surface area contributed by atoms with E-state index < -0.39 is 18.0 Å². The van der Waals surface area contributed by atoms with Crippen LogP contribution in [0.3, 0.4) is 0 Å². The maximum atomic E-state index is 11.7. The van der Waals surface area contributed by atoms with Crippen LogP contribution in [-0.4, -0.2) is 46.2 Å². The third-order valence-corrected chi connectivity index (χ3v) is 6.69. The highest BCUT2D eigenvalue weighted by Crippen LogP contribution is 2.15. The van der Waals surface area contributed by atoms with E-state index >= 15 is 0 Å². The molecule has 0 rings (SSSR count). The molecule has 0 saturated heterocycles. The molecule has 0 aromatic heterocycles. The van der Waals surface area contributed by atoms with Gasteiger partial charge in [-0.15, -0.1) is 0 Å². The van der Waals surface area contributed by atoms with Crippen molar-refractivity contribution in [2.45, 2.75) is 155 Å². The van der Waals surface area contributed by atoms with Gasteiger partial charge in [0.1, 0.15) is 6.04 Å². The summed E-state index contributed by atoms with van der Waals surface area (Å²) in [7, 11) is 0. The lowest BCUT2D eigenvalue weighted by molar-refractivity contribution is -0.149. The minimum Gasteiger partial charge on any atom is -0.481 e. The Morgan fingerprint density at radius 1 is 0.545 bits per heavy atom. The maximum Gasteiger partial charge on any atom is 0.321 e. The van der Waals surface area contributed by atoms with E-state index in [1.165, 1.54) is 103 Å². The van der Waals surface area contributed by atoms with Crippen LogP contribution in [0.2, 0.25) is 0 Å². The van der Waals surface area contributed by atoms with Gasteiger partial charge in [-0.2, -0.15) is 0 Å². The van der Waals surface area contributed by atoms with Crippen LogP contribution >= 0.6 is 0 Å². The van der Waals surface area contributed by atoms with Crippen LogP contribution in [0.4, 0.5) is 0 Å². The summed E-state index contributed by atoms with van der Waals surface area (Å²) >= 11 is 0. The van der Waals surface area contributed by atoms with Crippen LogP contribution in [0.25, 0.3) is 0 Å². The van der Waals surface area contributed by atoms with Gasteiger partial charge in [-0.05, 0) is 25.9 Å².